The first-order chi connectivity index (χ1) is 18.2. The summed E-state index contributed by atoms with van der Waals surface area (Å²) in [5.41, 5.74) is 5.49. The van der Waals surface area contributed by atoms with Crippen molar-refractivity contribution in [3.05, 3.63) is 105 Å². The Morgan fingerprint density at radius 2 is 1.85 bits per heavy atom. The summed E-state index contributed by atoms with van der Waals surface area (Å²) in [4.78, 5) is 41.0. The molecule has 0 aliphatic carbocycles. The summed E-state index contributed by atoms with van der Waals surface area (Å²) in [7, 11) is 0. The fourth-order valence-corrected chi connectivity index (χ4v) is 3.78. The molecule has 2 aromatic carbocycles. The normalized spacial score (nSPS) is 11.3. The predicted octanol–water partition coefficient (Wildman–Crippen LogP) is 5.24. The van der Waals surface area contributed by atoms with E-state index in [0.717, 1.165) is 6.07 Å². The van der Waals surface area contributed by atoms with Gasteiger partial charge in [-0.25, -0.2) is 13.8 Å². The van der Waals surface area contributed by atoms with Gasteiger partial charge < -0.3 is 24.6 Å². The molecule has 4 aromatic rings. The van der Waals surface area contributed by atoms with Crippen LogP contribution in [0, 0.1) is 11.6 Å². The molecule has 12 heteroatoms. The smallest absolute Gasteiger partial charge is 0.200 e. The number of hydrogen-bond donors (Lipinski definition) is 1. The van der Waals surface area contributed by atoms with Crippen LogP contribution in [-0.2, 0) is 48.7 Å². The number of ketones is 1. The van der Waals surface area contributed by atoms with Gasteiger partial charge in [0.1, 0.15) is 22.9 Å². The summed E-state index contributed by atoms with van der Waals surface area (Å²) >= 11 is 6.04. The molecule has 0 spiro atoms. The fraction of sp³-hybridized carbons (Fsp3) is 0.111. The van der Waals surface area contributed by atoms with Gasteiger partial charge in [-0.2, -0.15) is 0 Å². The van der Waals surface area contributed by atoms with E-state index >= 15 is 0 Å². The van der Waals surface area contributed by atoms with Gasteiger partial charge in [0.2, 0.25) is 0 Å². The Kier molecular flexibility index (Phi) is 10.1. The number of nitrogen functional groups attached to an aromatic ring is 1. The van der Waals surface area contributed by atoms with E-state index < -0.39 is 29.1 Å². The van der Waals surface area contributed by atoms with Crippen molar-refractivity contribution in [3.8, 4) is 22.6 Å². The average molecular weight is 628 g/mol. The fourth-order valence-electron chi connectivity index (χ4n) is 3.63. The van der Waals surface area contributed by atoms with Crippen molar-refractivity contribution in [1.29, 1.82) is 0 Å². The maximum atomic E-state index is 14.8. The minimum Gasteiger partial charge on any atom is -0.636 e. The van der Waals surface area contributed by atoms with Crippen LogP contribution in [0.2, 0.25) is 5.02 Å². The van der Waals surface area contributed by atoms with E-state index in [9.17, 15) is 23.2 Å². The van der Waals surface area contributed by atoms with Crippen molar-refractivity contribution < 1.29 is 60.6 Å². The SMILES string of the molecule is CC(O[C-]=O)n1cc(C(=O)Cc2ccc(Oc3ccnc(N)c3Cl)c(F)c2)c(=O)c(-c2ccc(F)cc2)c1.[Y]. The summed E-state index contributed by atoms with van der Waals surface area (Å²) in [5, 5.41) is 0.0221. The van der Waals surface area contributed by atoms with Crippen LogP contribution in [0.4, 0.5) is 14.6 Å². The van der Waals surface area contributed by atoms with E-state index in [2.05, 4.69) is 4.98 Å². The maximum Gasteiger partial charge on any atom is 0.200 e. The summed E-state index contributed by atoms with van der Waals surface area (Å²) in [6.07, 6.45) is 2.76. The number of nitrogens with zero attached hydrogens (tertiary/aromatic N) is 2. The molecule has 0 fully saturated rings. The van der Waals surface area contributed by atoms with E-state index in [1.165, 1.54) is 79.0 Å². The van der Waals surface area contributed by atoms with E-state index in [1.54, 1.807) is 0 Å². The zero-order valence-electron chi connectivity index (χ0n) is 20.4. The summed E-state index contributed by atoms with van der Waals surface area (Å²) in [5.74, 6) is -1.94. The van der Waals surface area contributed by atoms with Crippen molar-refractivity contribution in [3.63, 3.8) is 0 Å². The number of nitrogens with two attached hydrogens (primary N) is 1. The van der Waals surface area contributed by atoms with Gasteiger partial charge in [0.25, 0.3) is 0 Å². The zero-order valence-corrected chi connectivity index (χ0v) is 24.0. The Labute approximate surface area is 251 Å². The van der Waals surface area contributed by atoms with Crippen molar-refractivity contribution in [2.45, 2.75) is 19.6 Å². The van der Waals surface area contributed by atoms with Crippen LogP contribution in [0.1, 0.15) is 29.1 Å². The number of halogens is 3. The van der Waals surface area contributed by atoms with E-state index in [-0.39, 0.29) is 78.2 Å². The second-order valence-corrected chi connectivity index (χ2v) is 8.52. The van der Waals surface area contributed by atoms with Crippen LogP contribution in [0.5, 0.6) is 11.5 Å². The van der Waals surface area contributed by atoms with Gasteiger partial charge in [-0.05, 0) is 42.3 Å². The van der Waals surface area contributed by atoms with E-state index in [4.69, 9.17) is 26.8 Å². The van der Waals surface area contributed by atoms with Gasteiger partial charge in [-0.3, -0.25) is 9.59 Å². The topological polar surface area (TPSA) is 114 Å². The molecule has 2 N–H and O–H groups in total. The quantitative estimate of drug-likeness (QED) is 0.199. The molecule has 0 bridgehead atoms. The molecular weight excluding hydrogens is 609 g/mol. The second kappa shape index (κ2) is 13.1. The monoisotopic (exact) mass is 627 g/mol. The van der Waals surface area contributed by atoms with Crippen LogP contribution < -0.4 is 15.9 Å². The summed E-state index contributed by atoms with van der Waals surface area (Å²) in [6.45, 7) is 2.82. The number of pyridine rings is 2. The number of carbonyl (C=O) groups is 1. The molecule has 8 nitrogen and oxygen atoms in total. The van der Waals surface area contributed by atoms with Crippen LogP contribution in [-0.4, -0.2) is 21.8 Å². The summed E-state index contributed by atoms with van der Waals surface area (Å²) in [6, 6.07) is 10.4. The van der Waals surface area contributed by atoms with Gasteiger partial charge >= 0.3 is 0 Å². The first-order valence-corrected chi connectivity index (χ1v) is 11.5. The number of aromatic nitrogens is 2. The van der Waals surface area contributed by atoms with Gasteiger partial charge in [-0.15, -0.1) is 0 Å². The third-order valence-corrected chi connectivity index (χ3v) is 5.98. The molecule has 0 aliphatic rings. The first-order valence-electron chi connectivity index (χ1n) is 11.1. The molecule has 0 saturated carbocycles. The van der Waals surface area contributed by atoms with E-state index in [1.807, 2.05) is 0 Å². The molecule has 4 rings (SSSR count). The molecular formula is C27H19ClF2N3O5Y-. The van der Waals surface area contributed by atoms with E-state index in [0.29, 0.717) is 5.56 Å². The minimum absolute atomic E-state index is 0. The Morgan fingerprint density at radius 1 is 1.13 bits per heavy atom. The zero-order chi connectivity index (χ0) is 27.4. The van der Waals surface area contributed by atoms with Crippen molar-refractivity contribution in [2.24, 2.45) is 0 Å². The summed E-state index contributed by atoms with van der Waals surface area (Å²) < 4.78 is 39.9. The number of hydrogen-bond acceptors (Lipinski definition) is 7. The molecule has 0 aliphatic heterocycles. The van der Waals surface area contributed by atoms with Crippen molar-refractivity contribution >= 4 is 29.7 Å². The van der Waals surface area contributed by atoms with Crippen LogP contribution in [0.15, 0.2) is 71.9 Å². The standard InChI is InChI=1S/C27H19ClF2N3O5.Y/c1-15(37-14-34)33-12-19(17-3-5-18(29)6-4-17)26(36)20(13-33)22(35)11-16-2-7-23(21(30)10-16)38-24-8-9-32-27(31)25(24)28;/h2-10,12-13,15H,11H2,1H3,(H2,31,32);/q-1;. The van der Waals surface area contributed by atoms with Crippen LogP contribution in [0.25, 0.3) is 11.1 Å². The van der Waals surface area contributed by atoms with Gasteiger partial charge in [0.05, 0.1) is 5.56 Å². The Balaban J connectivity index is 0.00000420. The predicted molar refractivity (Wildman–Crippen MR) is 136 cm³/mol. The molecule has 197 valence electrons. The van der Waals surface area contributed by atoms with Gasteiger partial charge in [-0.1, -0.05) is 36.3 Å². The average Bonchev–Trinajstić information content (AvgIpc) is 2.89. The van der Waals surface area contributed by atoms with Crippen LogP contribution in [0.3, 0.4) is 0 Å². The molecule has 0 saturated heterocycles. The minimum atomic E-state index is -0.901. The largest absolute Gasteiger partial charge is 0.636 e. The molecule has 1 atom stereocenters. The van der Waals surface area contributed by atoms with Crippen molar-refractivity contribution in [1.82, 2.24) is 9.55 Å². The second-order valence-electron chi connectivity index (χ2n) is 8.14. The number of ether oxygens (including phenoxy) is 2. The Hall–Kier alpha value is -3.47. The molecule has 1 radical (unpaired) electrons. The Morgan fingerprint density at radius 3 is 2.51 bits per heavy atom. The number of benzene rings is 2. The third kappa shape index (κ3) is 6.95. The number of carbonyl (C=O) groups excluding carboxylic acids is 2. The number of rotatable bonds is 9. The third-order valence-electron chi connectivity index (χ3n) is 5.60. The molecule has 0 amide bonds. The maximum absolute atomic E-state index is 14.8. The molecule has 2 heterocycles. The Bertz CT molecular complexity index is 1580. The number of Topliss-reactive ketones (excluding diaryl/α,β-unsaturated/α-hetero) is 1. The first kappa shape index (κ1) is 30.1. The van der Waals surface area contributed by atoms with Crippen molar-refractivity contribution in [2.75, 3.05) is 5.73 Å². The number of anilines is 1. The molecule has 1 unspecified atom stereocenters. The van der Waals surface area contributed by atoms with Crippen LogP contribution >= 0.6 is 11.6 Å². The van der Waals surface area contributed by atoms with Gasteiger partial charge in [0.15, 0.2) is 28.5 Å². The molecule has 2 aromatic heterocycles. The molecule has 39 heavy (non-hydrogen) atoms. The van der Waals surface area contributed by atoms with Gasteiger partial charge in [0, 0.05) is 69.4 Å².